The summed E-state index contributed by atoms with van der Waals surface area (Å²) in [5.74, 6) is 1.59. The molecule has 0 radical (unpaired) electrons. The van der Waals surface area contributed by atoms with E-state index in [1.165, 1.54) is 5.56 Å². The minimum absolute atomic E-state index is 0.409. The Morgan fingerprint density at radius 1 is 1.11 bits per heavy atom. The second kappa shape index (κ2) is 6.07. The number of ether oxygens (including phenoxy) is 2. The molecule has 18 heavy (non-hydrogen) atoms. The molecule has 1 atom stereocenters. The second-order valence-electron chi connectivity index (χ2n) is 4.58. The first-order valence-electron chi connectivity index (χ1n) is 6.43. The van der Waals surface area contributed by atoms with Crippen LogP contribution < -0.4 is 14.8 Å². The van der Waals surface area contributed by atoms with Gasteiger partial charge in [-0.1, -0.05) is 6.07 Å². The fourth-order valence-electron chi connectivity index (χ4n) is 2.39. The minimum atomic E-state index is 0.409. The van der Waals surface area contributed by atoms with Crippen molar-refractivity contribution in [3.63, 3.8) is 0 Å². The highest BCUT2D eigenvalue weighted by atomic mass is 16.5. The van der Waals surface area contributed by atoms with Crippen LogP contribution in [0.4, 0.5) is 0 Å². The Morgan fingerprint density at radius 2 is 1.78 bits per heavy atom. The van der Waals surface area contributed by atoms with Gasteiger partial charge in [-0.15, -0.1) is 0 Å². The molecular formula is C14H22N2O2. The summed E-state index contributed by atoms with van der Waals surface area (Å²) >= 11 is 0. The van der Waals surface area contributed by atoms with Gasteiger partial charge in [0.2, 0.25) is 0 Å². The molecule has 1 aliphatic rings. The van der Waals surface area contributed by atoms with Gasteiger partial charge in [0.1, 0.15) is 0 Å². The lowest BCUT2D eigenvalue weighted by molar-refractivity contribution is 0.185. The van der Waals surface area contributed by atoms with Gasteiger partial charge < -0.3 is 14.8 Å². The monoisotopic (exact) mass is 250 g/mol. The normalized spacial score (nSPS) is 18.4. The third kappa shape index (κ3) is 2.76. The van der Waals surface area contributed by atoms with Crippen LogP contribution in [0.5, 0.6) is 11.5 Å². The molecule has 0 aromatic heterocycles. The smallest absolute Gasteiger partial charge is 0.161 e. The Morgan fingerprint density at radius 3 is 2.39 bits per heavy atom. The molecule has 0 spiro atoms. The van der Waals surface area contributed by atoms with Crippen LogP contribution in [0.1, 0.15) is 18.5 Å². The zero-order valence-electron chi connectivity index (χ0n) is 11.4. The largest absolute Gasteiger partial charge is 0.493 e. The number of hydrogen-bond donors (Lipinski definition) is 1. The summed E-state index contributed by atoms with van der Waals surface area (Å²) in [7, 11) is 3.34. The summed E-state index contributed by atoms with van der Waals surface area (Å²) in [4.78, 5) is 2.48. The number of nitrogens with zero attached hydrogens (tertiary/aromatic N) is 1. The lowest BCUT2D eigenvalue weighted by Crippen LogP contribution is -2.44. The summed E-state index contributed by atoms with van der Waals surface area (Å²) in [6.07, 6.45) is 0. The summed E-state index contributed by atoms with van der Waals surface area (Å²) < 4.78 is 10.6. The molecule has 1 aromatic carbocycles. The van der Waals surface area contributed by atoms with Crippen LogP contribution in [0.3, 0.4) is 0 Å². The topological polar surface area (TPSA) is 33.7 Å². The summed E-state index contributed by atoms with van der Waals surface area (Å²) in [6, 6.07) is 6.58. The zero-order valence-corrected chi connectivity index (χ0v) is 11.4. The Balaban J connectivity index is 2.16. The van der Waals surface area contributed by atoms with E-state index in [0.29, 0.717) is 6.04 Å². The Hall–Kier alpha value is -1.26. The van der Waals surface area contributed by atoms with E-state index in [-0.39, 0.29) is 0 Å². The lowest BCUT2D eigenvalue weighted by Gasteiger charge is -2.33. The summed E-state index contributed by atoms with van der Waals surface area (Å²) in [5, 5.41) is 3.38. The van der Waals surface area contributed by atoms with Gasteiger partial charge in [0.05, 0.1) is 14.2 Å². The van der Waals surface area contributed by atoms with E-state index in [0.717, 1.165) is 37.7 Å². The van der Waals surface area contributed by atoms with Crippen LogP contribution in [0, 0.1) is 0 Å². The van der Waals surface area contributed by atoms with E-state index in [4.69, 9.17) is 9.47 Å². The Labute approximate surface area is 109 Å². The molecule has 100 valence electrons. The van der Waals surface area contributed by atoms with Gasteiger partial charge in [-0.25, -0.2) is 0 Å². The molecule has 0 bridgehead atoms. The molecule has 1 N–H and O–H groups in total. The SMILES string of the molecule is COc1ccc([C@@H](C)N2CCNCC2)cc1OC. The quantitative estimate of drug-likeness (QED) is 0.881. The van der Waals surface area contributed by atoms with E-state index in [1.54, 1.807) is 14.2 Å². The fraction of sp³-hybridized carbons (Fsp3) is 0.571. The standard InChI is InChI=1S/C14H22N2O2/c1-11(16-8-6-15-7-9-16)12-4-5-13(17-2)14(10-12)18-3/h4-5,10-11,15H,6-9H2,1-3H3/t11-/m1/s1. The molecule has 0 saturated carbocycles. The van der Waals surface area contributed by atoms with Crippen molar-refractivity contribution in [1.29, 1.82) is 0 Å². The molecule has 4 nitrogen and oxygen atoms in total. The van der Waals surface area contributed by atoms with Gasteiger partial charge in [0.25, 0.3) is 0 Å². The van der Waals surface area contributed by atoms with Crippen LogP contribution in [0.15, 0.2) is 18.2 Å². The average Bonchev–Trinajstić information content (AvgIpc) is 2.46. The molecule has 1 saturated heterocycles. The van der Waals surface area contributed by atoms with Crippen molar-refractivity contribution in [2.24, 2.45) is 0 Å². The van der Waals surface area contributed by atoms with Gasteiger partial charge in [-0.05, 0) is 24.6 Å². The van der Waals surface area contributed by atoms with Crippen LogP contribution in [0.2, 0.25) is 0 Å². The highest BCUT2D eigenvalue weighted by Gasteiger charge is 2.19. The molecule has 1 heterocycles. The molecular weight excluding hydrogens is 228 g/mol. The third-order valence-electron chi connectivity index (χ3n) is 3.59. The first-order chi connectivity index (χ1) is 8.76. The van der Waals surface area contributed by atoms with Crippen molar-refractivity contribution in [1.82, 2.24) is 10.2 Å². The maximum Gasteiger partial charge on any atom is 0.161 e. The number of benzene rings is 1. The molecule has 0 aliphatic carbocycles. The molecule has 2 rings (SSSR count). The molecule has 4 heteroatoms. The molecule has 1 aromatic rings. The highest BCUT2D eigenvalue weighted by Crippen LogP contribution is 2.31. The number of nitrogens with one attached hydrogen (secondary N) is 1. The number of piperazine rings is 1. The van der Waals surface area contributed by atoms with Crippen molar-refractivity contribution in [3.05, 3.63) is 23.8 Å². The van der Waals surface area contributed by atoms with Gasteiger partial charge in [-0.2, -0.15) is 0 Å². The average molecular weight is 250 g/mol. The van der Waals surface area contributed by atoms with Crippen LogP contribution in [-0.2, 0) is 0 Å². The predicted molar refractivity (Wildman–Crippen MR) is 72.4 cm³/mol. The highest BCUT2D eigenvalue weighted by molar-refractivity contribution is 5.43. The van der Waals surface area contributed by atoms with Crippen molar-refractivity contribution in [2.75, 3.05) is 40.4 Å². The van der Waals surface area contributed by atoms with Gasteiger partial charge >= 0.3 is 0 Å². The van der Waals surface area contributed by atoms with Gasteiger partial charge in [0.15, 0.2) is 11.5 Å². The van der Waals surface area contributed by atoms with E-state index >= 15 is 0 Å². The lowest BCUT2D eigenvalue weighted by atomic mass is 10.1. The van der Waals surface area contributed by atoms with E-state index in [2.05, 4.69) is 29.3 Å². The van der Waals surface area contributed by atoms with Gasteiger partial charge in [0, 0.05) is 32.2 Å². The fourth-order valence-corrected chi connectivity index (χ4v) is 2.39. The number of hydrogen-bond acceptors (Lipinski definition) is 4. The molecule has 1 fully saturated rings. The van der Waals surface area contributed by atoms with Crippen molar-refractivity contribution >= 4 is 0 Å². The predicted octanol–water partition coefficient (Wildman–Crippen LogP) is 1.67. The Kier molecular flexibility index (Phi) is 4.44. The maximum atomic E-state index is 5.36. The first-order valence-corrected chi connectivity index (χ1v) is 6.43. The summed E-state index contributed by atoms with van der Waals surface area (Å²) in [5.41, 5.74) is 1.27. The molecule has 0 unspecified atom stereocenters. The van der Waals surface area contributed by atoms with Crippen molar-refractivity contribution < 1.29 is 9.47 Å². The minimum Gasteiger partial charge on any atom is -0.493 e. The van der Waals surface area contributed by atoms with Crippen molar-refractivity contribution in [2.45, 2.75) is 13.0 Å². The number of rotatable bonds is 4. The summed E-state index contributed by atoms with van der Waals surface area (Å²) in [6.45, 7) is 6.56. The molecule has 0 amide bonds. The van der Waals surface area contributed by atoms with Crippen LogP contribution in [0.25, 0.3) is 0 Å². The zero-order chi connectivity index (χ0) is 13.0. The van der Waals surface area contributed by atoms with E-state index in [9.17, 15) is 0 Å². The first kappa shape index (κ1) is 13.2. The maximum absolute atomic E-state index is 5.36. The van der Waals surface area contributed by atoms with E-state index in [1.807, 2.05) is 6.07 Å². The third-order valence-corrected chi connectivity index (χ3v) is 3.59. The molecule has 1 aliphatic heterocycles. The van der Waals surface area contributed by atoms with E-state index < -0.39 is 0 Å². The van der Waals surface area contributed by atoms with Crippen LogP contribution >= 0.6 is 0 Å². The second-order valence-corrected chi connectivity index (χ2v) is 4.58. The number of methoxy groups -OCH3 is 2. The van der Waals surface area contributed by atoms with Gasteiger partial charge in [-0.3, -0.25) is 4.90 Å². The Bertz CT molecular complexity index is 389. The van der Waals surface area contributed by atoms with Crippen LogP contribution in [-0.4, -0.2) is 45.3 Å². The van der Waals surface area contributed by atoms with Crippen molar-refractivity contribution in [3.8, 4) is 11.5 Å².